The number of sulfonamides is 2. The molecule has 0 saturated heterocycles. The quantitative estimate of drug-likeness (QED) is 0.412. The van der Waals surface area contributed by atoms with Crippen LogP contribution in [0.5, 0.6) is 5.88 Å². The van der Waals surface area contributed by atoms with Crippen LogP contribution in [0, 0.1) is 29.1 Å². The molecule has 0 saturated carbocycles. The van der Waals surface area contributed by atoms with Crippen molar-refractivity contribution in [2.75, 3.05) is 10.8 Å². The molecule has 0 aliphatic rings. The summed E-state index contributed by atoms with van der Waals surface area (Å²) in [5.41, 5.74) is -1.36. The van der Waals surface area contributed by atoms with Gasteiger partial charge in [-0.15, -0.1) is 3.71 Å². The zero-order chi connectivity index (χ0) is 24.7. The zero-order valence-electron chi connectivity index (χ0n) is 16.1. The lowest BCUT2D eigenvalue weighted by Gasteiger charge is -2.26. The summed E-state index contributed by atoms with van der Waals surface area (Å²) < 4.78 is 127. The molecule has 0 spiro atoms. The van der Waals surface area contributed by atoms with Gasteiger partial charge in [-0.1, -0.05) is 0 Å². The van der Waals surface area contributed by atoms with Crippen LogP contribution in [-0.2, 0) is 20.0 Å². The molecule has 1 heterocycles. The van der Waals surface area contributed by atoms with E-state index in [1.165, 1.54) is 0 Å². The second-order valence-corrected chi connectivity index (χ2v) is 10.7. The van der Waals surface area contributed by atoms with Crippen LogP contribution in [0.4, 0.5) is 27.6 Å². The number of anilines is 1. The molecule has 0 radical (unpaired) electrons. The van der Waals surface area contributed by atoms with Crippen LogP contribution in [0.3, 0.4) is 0 Å². The van der Waals surface area contributed by atoms with E-state index >= 15 is 4.39 Å². The zero-order valence-corrected chi connectivity index (χ0v) is 19.3. The van der Waals surface area contributed by atoms with Crippen LogP contribution in [0.1, 0.15) is 0 Å². The molecule has 15 heteroatoms. The maximum Gasteiger partial charge on any atom is 0.280 e. The first-order valence-corrected chi connectivity index (χ1v) is 12.1. The molecule has 0 aliphatic carbocycles. The molecule has 0 unspecified atom stereocenters. The van der Waals surface area contributed by atoms with Crippen molar-refractivity contribution < 1.29 is 43.5 Å². The normalized spacial score (nSPS) is 12.0. The lowest BCUT2D eigenvalue weighted by atomic mass is 10.3. The second-order valence-electron chi connectivity index (χ2n) is 6.13. The number of benzene rings is 2. The van der Waals surface area contributed by atoms with E-state index in [1.807, 2.05) is 0 Å². The predicted octanol–water partition coefficient (Wildman–Crippen LogP) is 4.13. The minimum Gasteiger partial charge on any atom is -0.479 e. The summed E-state index contributed by atoms with van der Waals surface area (Å²) in [5, 5.41) is 0. The van der Waals surface area contributed by atoms with Gasteiger partial charge in [-0.25, -0.2) is 26.9 Å². The number of methoxy groups -OCH3 is 1. The average Bonchev–Trinajstić information content (AvgIpc) is 2.70. The Bertz CT molecular complexity index is 1390. The monoisotopic (exact) mass is 572 g/mol. The van der Waals surface area contributed by atoms with Gasteiger partial charge in [-0.3, -0.25) is 0 Å². The van der Waals surface area contributed by atoms with Gasteiger partial charge in [-0.2, -0.15) is 16.8 Å². The van der Waals surface area contributed by atoms with Crippen molar-refractivity contribution in [2.45, 2.75) is 9.79 Å². The number of hydrogen-bond donors (Lipinski definition) is 0. The maximum absolute atomic E-state index is 15.1. The highest BCUT2D eigenvalue weighted by Gasteiger charge is 2.44. The Morgan fingerprint density at radius 2 is 1.30 bits per heavy atom. The molecular weight excluding hydrogens is 563 g/mol. The largest absolute Gasteiger partial charge is 0.479 e. The van der Waals surface area contributed by atoms with E-state index in [0.717, 1.165) is 13.3 Å². The van der Waals surface area contributed by atoms with Gasteiger partial charge in [0.25, 0.3) is 20.0 Å². The first-order chi connectivity index (χ1) is 15.3. The Labute approximate surface area is 192 Å². The summed E-state index contributed by atoms with van der Waals surface area (Å²) >= 11 is 2.72. The predicted molar refractivity (Wildman–Crippen MR) is 108 cm³/mol. The van der Waals surface area contributed by atoms with Gasteiger partial charge in [0, 0.05) is 18.3 Å². The molecule has 0 aliphatic heterocycles. The number of nitrogens with zero attached hydrogens (tertiary/aromatic N) is 2. The fourth-order valence-electron chi connectivity index (χ4n) is 2.66. The molecule has 3 aromatic rings. The van der Waals surface area contributed by atoms with Crippen LogP contribution < -0.4 is 8.45 Å². The first-order valence-electron chi connectivity index (χ1n) is 8.41. The van der Waals surface area contributed by atoms with Gasteiger partial charge < -0.3 is 4.74 Å². The Balaban J connectivity index is 2.47. The molecule has 0 fully saturated rings. The van der Waals surface area contributed by atoms with Crippen molar-refractivity contribution in [1.82, 2.24) is 4.98 Å². The molecule has 7 nitrogen and oxygen atoms in total. The standard InChI is InChI=1S/C18H10BrF5N2O5S2/c1-31-18-17(16(24)11(19)8-25-18)26(32(27,28)14-4-2-9(20)6-12(14)22)33(29,30)15-5-3-10(21)7-13(15)23/h2-8H,1H3. The maximum atomic E-state index is 15.1. The van der Waals surface area contributed by atoms with E-state index in [0.29, 0.717) is 24.3 Å². The molecule has 3 rings (SSSR count). The molecular formula is C18H10BrF5N2O5S2. The third-order valence-corrected chi connectivity index (χ3v) is 8.81. The molecule has 2 aromatic carbocycles. The number of rotatable bonds is 6. The van der Waals surface area contributed by atoms with Crippen molar-refractivity contribution in [3.63, 3.8) is 0 Å². The summed E-state index contributed by atoms with van der Waals surface area (Å²) in [6.45, 7) is 0. The van der Waals surface area contributed by atoms with Gasteiger partial charge in [0.15, 0.2) is 11.5 Å². The third kappa shape index (κ3) is 4.39. The van der Waals surface area contributed by atoms with Gasteiger partial charge >= 0.3 is 0 Å². The molecule has 33 heavy (non-hydrogen) atoms. The van der Waals surface area contributed by atoms with E-state index in [9.17, 15) is 34.4 Å². The number of halogens is 6. The summed E-state index contributed by atoms with van der Waals surface area (Å²) in [4.78, 5) is 0.794. The van der Waals surface area contributed by atoms with Gasteiger partial charge in [-0.05, 0) is 40.2 Å². The summed E-state index contributed by atoms with van der Waals surface area (Å²) in [6.07, 6.45) is 0.812. The van der Waals surface area contributed by atoms with Crippen molar-refractivity contribution in [3.8, 4) is 5.88 Å². The smallest absolute Gasteiger partial charge is 0.280 e. The van der Waals surface area contributed by atoms with Crippen molar-refractivity contribution in [2.24, 2.45) is 0 Å². The fourth-order valence-corrected chi connectivity index (χ4v) is 6.72. The lowest BCUT2D eigenvalue weighted by molar-refractivity contribution is 0.395. The lowest BCUT2D eigenvalue weighted by Crippen LogP contribution is -2.39. The minimum absolute atomic E-state index is 0.142. The molecule has 0 amide bonds. The fraction of sp³-hybridized carbons (Fsp3) is 0.0556. The van der Waals surface area contributed by atoms with Crippen LogP contribution in [-0.4, -0.2) is 28.9 Å². The van der Waals surface area contributed by atoms with E-state index in [-0.39, 0.29) is 12.1 Å². The number of ether oxygens (including phenoxy) is 1. The van der Waals surface area contributed by atoms with Gasteiger partial charge in [0.05, 0.1) is 11.6 Å². The first kappa shape index (κ1) is 24.9. The number of hydrogen-bond acceptors (Lipinski definition) is 6. The van der Waals surface area contributed by atoms with Crippen LogP contribution in [0.25, 0.3) is 0 Å². The molecule has 0 atom stereocenters. The SMILES string of the molecule is COc1ncc(Br)c(F)c1N(S(=O)(=O)c1ccc(F)cc1F)S(=O)(=O)c1ccc(F)cc1F. The highest BCUT2D eigenvalue weighted by molar-refractivity contribution is 9.10. The van der Waals surface area contributed by atoms with Crippen molar-refractivity contribution in [3.05, 3.63) is 76.2 Å². The van der Waals surface area contributed by atoms with E-state index in [2.05, 4.69) is 20.9 Å². The summed E-state index contributed by atoms with van der Waals surface area (Å²) in [6, 6.07) is 2.07. The highest BCUT2D eigenvalue weighted by Crippen LogP contribution is 2.41. The van der Waals surface area contributed by atoms with E-state index < -0.39 is 78.7 Å². The Hall–Kier alpha value is -2.78. The highest BCUT2D eigenvalue weighted by atomic mass is 79.9. The third-order valence-electron chi connectivity index (χ3n) is 4.07. The number of pyridine rings is 1. The summed E-state index contributed by atoms with van der Waals surface area (Å²) in [5.74, 6) is -8.28. The minimum atomic E-state index is -5.64. The molecule has 0 N–H and O–H groups in total. The molecule has 0 bridgehead atoms. The van der Waals surface area contributed by atoms with E-state index in [4.69, 9.17) is 4.74 Å². The van der Waals surface area contributed by atoms with Crippen LogP contribution in [0.2, 0.25) is 0 Å². The average molecular weight is 573 g/mol. The Kier molecular flexibility index (Phi) is 6.68. The second kappa shape index (κ2) is 8.87. The Morgan fingerprint density at radius 1 is 0.848 bits per heavy atom. The van der Waals surface area contributed by atoms with E-state index in [1.54, 1.807) is 0 Å². The van der Waals surface area contributed by atoms with Crippen LogP contribution >= 0.6 is 15.9 Å². The Morgan fingerprint density at radius 3 is 1.70 bits per heavy atom. The number of aromatic nitrogens is 1. The summed E-state index contributed by atoms with van der Waals surface area (Å²) in [7, 11) is -10.4. The molecule has 1 aromatic heterocycles. The topological polar surface area (TPSA) is 93.6 Å². The molecule has 176 valence electrons. The van der Waals surface area contributed by atoms with Gasteiger partial charge in [0.2, 0.25) is 5.88 Å². The van der Waals surface area contributed by atoms with Gasteiger partial charge in [0.1, 0.15) is 33.1 Å². The van der Waals surface area contributed by atoms with Crippen molar-refractivity contribution in [1.29, 1.82) is 0 Å². The van der Waals surface area contributed by atoms with Crippen molar-refractivity contribution >= 4 is 41.7 Å². The van der Waals surface area contributed by atoms with Crippen LogP contribution in [0.15, 0.2) is 56.9 Å².